The SMILES string of the molecule is CCOC(=O)c1csc2nc(CN3CCOCC3)c(-c3ccc(OC)cc3)n12. The first-order valence-corrected chi connectivity index (χ1v) is 10.2. The van der Waals surface area contributed by atoms with Gasteiger partial charge in [-0.2, -0.15) is 0 Å². The molecule has 0 unspecified atom stereocenters. The zero-order valence-corrected chi connectivity index (χ0v) is 16.8. The molecule has 4 rings (SSSR count). The molecule has 1 fully saturated rings. The highest BCUT2D eigenvalue weighted by molar-refractivity contribution is 7.15. The largest absolute Gasteiger partial charge is 0.497 e. The summed E-state index contributed by atoms with van der Waals surface area (Å²) < 4.78 is 17.9. The van der Waals surface area contributed by atoms with Crippen LogP contribution in [0.15, 0.2) is 29.6 Å². The van der Waals surface area contributed by atoms with Gasteiger partial charge in [0.05, 0.1) is 38.3 Å². The summed E-state index contributed by atoms with van der Waals surface area (Å²) >= 11 is 1.45. The fourth-order valence-electron chi connectivity index (χ4n) is 3.38. The van der Waals surface area contributed by atoms with Gasteiger partial charge in [0.15, 0.2) is 4.96 Å². The van der Waals surface area contributed by atoms with Crippen molar-refractivity contribution in [2.45, 2.75) is 13.5 Å². The van der Waals surface area contributed by atoms with Crippen LogP contribution in [0.3, 0.4) is 0 Å². The predicted molar refractivity (Wildman–Crippen MR) is 107 cm³/mol. The number of ether oxygens (including phenoxy) is 3. The molecule has 0 radical (unpaired) electrons. The molecule has 1 aliphatic heterocycles. The third kappa shape index (κ3) is 3.63. The van der Waals surface area contributed by atoms with E-state index in [2.05, 4.69) is 4.90 Å². The molecule has 2 aromatic heterocycles. The molecule has 0 N–H and O–H groups in total. The monoisotopic (exact) mass is 401 g/mol. The zero-order valence-electron chi connectivity index (χ0n) is 16.0. The van der Waals surface area contributed by atoms with E-state index in [-0.39, 0.29) is 5.97 Å². The molecule has 1 saturated heterocycles. The maximum atomic E-state index is 12.5. The Bertz CT molecular complexity index is 958. The Kier molecular flexibility index (Phi) is 5.61. The van der Waals surface area contributed by atoms with Crippen LogP contribution in [0.5, 0.6) is 5.75 Å². The van der Waals surface area contributed by atoms with Crippen LogP contribution >= 0.6 is 11.3 Å². The summed E-state index contributed by atoms with van der Waals surface area (Å²) in [6.07, 6.45) is 0. The summed E-state index contributed by atoms with van der Waals surface area (Å²) in [4.78, 5) is 20.5. The molecule has 0 atom stereocenters. The Morgan fingerprint density at radius 3 is 2.68 bits per heavy atom. The molecular weight excluding hydrogens is 378 g/mol. The summed E-state index contributed by atoms with van der Waals surface area (Å²) in [6.45, 7) is 6.06. The highest BCUT2D eigenvalue weighted by Crippen LogP contribution is 2.32. The van der Waals surface area contributed by atoms with Crippen LogP contribution in [0.2, 0.25) is 0 Å². The van der Waals surface area contributed by atoms with Gasteiger partial charge in [0.2, 0.25) is 0 Å². The van der Waals surface area contributed by atoms with Gasteiger partial charge in [-0.25, -0.2) is 9.78 Å². The molecular formula is C20H23N3O4S. The highest BCUT2D eigenvalue weighted by Gasteiger charge is 2.24. The van der Waals surface area contributed by atoms with Gasteiger partial charge in [-0.3, -0.25) is 9.30 Å². The first-order valence-electron chi connectivity index (χ1n) is 9.31. The average molecular weight is 401 g/mol. The summed E-state index contributed by atoms with van der Waals surface area (Å²) in [5.74, 6) is 0.453. The maximum Gasteiger partial charge on any atom is 0.356 e. The summed E-state index contributed by atoms with van der Waals surface area (Å²) in [5, 5.41) is 1.81. The zero-order chi connectivity index (χ0) is 19.5. The standard InChI is InChI=1S/C20H23N3O4S/c1-3-27-19(24)17-13-28-20-21-16(12-22-8-10-26-11-9-22)18(23(17)20)14-4-6-15(25-2)7-5-14/h4-7,13H,3,8-12H2,1-2H3. The minimum absolute atomic E-state index is 0.334. The number of hydrogen-bond acceptors (Lipinski definition) is 7. The first kappa shape index (κ1) is 18.9. The molecule has 0 saturated carbocycles. The molecule has 7 nitrogen and oxygen atoms in total. The second-order valence-electron chi connectivity index (χ2n) is 6.48. The fourth-order valence-corrected chi connectivity index (χ4v) is 4.25. The number of rotatable bonds is 6. The number of carbonyl (C=O) groups is 1. The van der Waals surface area contributed by atoms with Crippen LogP contribution in [-0.2, 0) is 16.0 Å². The van der Waals surface area contributed by atoms with Gasteiger partial charge in [0.1, 0.15) is 11.4 Å². The minimum atomic E-state index is -0.334. The number of methoxy groups -OCH3 is 1. The number of thiazole rings is 1. The van der Waals surface area contributed by atoms with Crippen molar-refractivity contribution in [2.75, 3.05) is 40.0 Å². The van der Waals surface area contributed by atoms with Crippen LogP contribution in [0, 0.1) is 0 Å². The number of esters is 1. The number of imidazole rings is 1. The number of morpholine rings is 1. The fraction of sp³-hybridized carbons (Fsp3) is 0.400. The van der Waals surface area contributed by atoms with Crippen molar-refractivity contribution in [2.24, 2.45) is 0 Å². The maximum absolute atomic E-state index is 12.5. The summed E-state index contributed by atoms with van der Waals surface area (Å²) in [6, 6.07) is 7.84. The molecule has 1 aromatic carbocycles. The van der Waals surface area contributed by atoms with Gasteiger partial charge < -0.3 is 14.2 Å². The van der Waals surface area contributed by atoms with Crippen molar-refractivity contribution in [3.8, 4) is 17.0 Å². The second-order valence-corrected chi connectivity index (χ2v) is 7.32. The number of nitrogens with zero attached hydrogens (tertiary/aromatic N) is 3. The first-order chi connectivity index (χ1) is 13.7. The van der Waals surface area contributed by atoms with Crippen LogP contribution in [0.1, 0.15) is 23.1 Å². The Morgan fingerprint density at radius 2 is 2.00 bits per heavy atom. The van der Waals surface area contributed by atoms with Crippen molar-refractivity contribution in [3.05, 3.63) is 41.0 Å². The van der Waals surface area contributed by atoms with Crippen molar-refractivity contribution in [1.82, 2.24) is 14.3 Å². The number of carbonyl (C=O) groups excluding carboxylic acids is 1. The number of aromatic nitrogens is 2. The van der Waals surface area contributed by atoms with E-state index in [4.69, 9.17) is 19.2 Å². The minimum Gasteiger partial charge on any atom is -0.497 e. The van der Waals surface area contributed by atoms with E-state index < -0.39 is 0 Å². The normalized spacial score (nSPS) is 15.1. The van der Waals surface area contributed by atoms with Crippen molar-refractivity contribution >= 4 is 22.3 Å². The molecule has 0 bridgehead atoms. The second kappa shape index (κ2) is 8.30. The molecule has 8 heteroatoms. The molecule has 1 aliphatic rings. The van der Waals surface area contributed by atoms with Crippen LogP contribution in [0.4, 0.5) is 0 Å². The van der Waals surface area contributed by atoms with E-state index in [0.29, 0.717) is 18.8 Å². The number of hydrogen-bond donors (Lipinski definition) is 0. The Morgan fingerprint density at radius 1 is 1.25 bits per heavy atom. The van der Waals surface area contributed by atoms with Gasteiger partial charge in [0.25, 0.3) is 0 Å². The molecule has 3 aromatic rings. The van der Waals surface area contributed by atoms with Gasteiger partial charge in [0, 0.05) is 30.6 Å². The number of fused-ring (bicyclic) bond motifs is 1. The summed E-state index contributed by atoms with van der Waals surface area (Å²) in [5.41, 5.74) is 3.37. The van der Waals surface area contributed by atoms with Crippen molar-refractivity contribution in [1.29, 1.82) is 0 Å². The lowest BCUT2D eigenvalue weighted by atomic mass is 10.1. The van der Waals surface area contributed by atoms with E-state index in [1.54, 1.807) is 7.11 Å². The van der Waals surface area contributed by atoms with E-state index in [0.717, 1.165) is 54.0 Å². The third-order valence-corrected chi connectivity index (χ3v) is 5.59. The van der Waals surface area contributed by atoms with Crippen LogP contribution in [-0.4, -0.2) is 60.3 Å². The molecule has 28 heavy (non-hydrogen) atoms. The summed E-state index contributed by atoms with van der Waals surface area (Å²) in [7, 11) is 1.65. The highest BCUT2D eigenvalue weighted by atomic mass is 32.1. The van der Waals surface area contributed by atoms with Gasteiger partial charge >= 0.3 is 5.97 Å². The quantitative estimate of drug-likeness (QED) is 0.592. The van der Waals surface area contributed by atoms with Crippen LogP contribution < -0.4 is 4.74 Å². The van der Waals surface area contributed by atoms with E-state index in [1.807, 2.05) is 41.0 Å². The smallest absolute Gasteiger partial charge is 0.356 e. The lowest BCUT2D eigenvalue weighted by Crippen LogP contribution is -2.35. The van der Waals surface area contributed by atoms with E-state index in [9.17, 15) is 4.79 Å². The Labute approximate surface area is 167 Å². The molecule has 148 valence electrons. The lowest BCUT2D eigenvalue weighted by molar-refractivity contribution is 0.0338. The average Bonchev–Trinajstić information content (AvgIpc) is 3.28. The van der Waals surface area contributed by atoms with E-state index >= 15 is 0 Å². The van der Waals surface area contributed by atoms with Gasteiger partial charge in [-0.1, -0.05) is 0 Å². The van der Waals surface area contributed by atoms with Gasteiger partial charge in [-0.15, -0.1) is 11.3 Å². The Hall–Kier alpha value is -2.42. The van der Waals surface area contributed by atoms with Crippen molar-refractivity contribution < 1.29 is 19.0 Å². The molecule has 0 spiro atoms. The Balaban J connectivity index is 1.81. The number of benzene rings is 1. The van der Waals surface area contributed by atoms with Crippen molar-refractivity contribution in [3.63, 3.8) is 0 Å². The predicted octanol–water partition coefficient (Wildman–Crippen LogP) is 3.08. The molecule has 0 aliphatic carbocycles. The molecule has 0 amide bonds. The lowest BCUT2D eigenvalue weighted by Gasteiger charge is -2.26. The van der Waals surface area contributed by atoms with Crippen LogP contribution in [0.25, 0.3) is 16.2 Å². The molecule has 3 heterocycles. The topological polar surface area (TPSA) is 65.3 Å². The third-order valence-electron chi connectivity index (χ3n) is 4.76. The van der Waals surface area contributed by atoms with E-state index in [1.165, 1.54) is 11.3 Å². The van der Waals surface area contributed by atoms with Gasteiger partial charge in [-0.05, 0) is 31.2 Å².